The number of fused-ring (bicyclic) bond motifs is 1. The Morgan fingerprint density at radius 3 is 2.64 bits per heavy atom. The number of amides is 1. The van der Waals surface area contributed by atoms with Gasteiger partial charge >= 0.3 is 5.69 Å². The lowest BCUT2D eigenvalue weighted by molar-refractivity contribution is -0.116. The zero-order valence-electron chi connectivity index (χ0n) is 18.8. The molecular formula is C25H25N3O4S. The lowest BCUT2D eigenvalue weighted by Crippen LogP contribution is -2.41. The van der Waals surface area contributed by atoms with Crippen molar-refractivity contribution in [3.8, 4) is 5.75 Å². The van der Waals surface area contributed by atoms with Crippen molar-refractivity contribution >= 4 is 33.1 Å². The van der Waals surface area contributed by atoms with Gasteiger partial charge in [-0.25, -0.2) is 4.79 Å². The summed E-state index contributed by atoms with van der Waals surface area (Å²) in [6, 6.07) is 14.7. The van der Waals surface area contributed by atoms with Gasteiger partial charge in [-0.2, -0.15) is 0 Å². The van der Waals surface area contributed by atoms with Crippen LogP contribution < -0.4 is 21.3 Å². The number of thiophene rings is 1. The summed E-state index contributed by atoms with van der Waals surface area (Å²) in [6.45, 7) is 6.21. The normalized spacial score (nSPS) is 11.0. The number of benzene rings is 2. The van der Waals surface area contributed by atoms with E-state index in [1.807, 2.05) is 63.2 Å². The predicted molar refractivity (Wildman–Crippen MR) is 132 cm³/mol. The number of nitrogens with zero attached hydrogens (tertiary/aromatic N) is 2. The van der Waals surface area contributed by atoms with Crippen molar-refractivity contribution in [1.29, 1.82) is 0 Å². The van der Waals surface area contributed by atoms with Gasteiger partial charge in [-0.05, 0) is 61.5 Å². The number of aryl methyl sites for hydroxylation is 2. The first kappa shape index (κ1) is 22.5. The average Bonchev–Trinajstić information content (AvgIpc) is 3.27. The molecule has 7 nitrogen and oxygen atoms in total. The Bertz CT molecular complexity index is 1450. The molecule has 0 saturated heterocycles. The Kier molecular flexibility index (Phi) is 6.46. The topological polar surface area (TPSA) is 82.3 Å². The van der Waals surface area contributed by atoms with E-state index in [-0.39, 0.29) is 24.6 Å². The summed E-state index contributed by atoms with van der Waals surface area (Å²) >= 11 is 1.26. The minimum atomic E-state index is -0.525. The number of carbonyl (C=O) groups is 1. The van der Waals surface area contributed by atoms with Gasteiger partial charge in [0.2, 0.25) is 5.91 Å². The summed E-state index contributed by atoms with van der Waals surface area (Å²) < 4.78 is 8.51. The van der Waals surface area contributed by atoms with Gasteiger partial charge in [-0.3, -0.25) is 18.7 Å². The maximum atomic E-state index is 13.3. The Labute approximate surface area is 194 Å². The molecule has 0 aliphatic carbocycles. The van der Waals surface area contributed by atoms with Crippen LogP contribution in [0, 0.1) is 13.8 Å². The number of hydrogen-bond donors (Lipinski definition) is 1. The molecule has 0 aliphatic heterocycles. The van der Waals surface area contributed by atoms with Crippen molar-refractivity contribution < 1.29 is 9.53 Å². The molecule has 0 radical (unpaired) electrons. The summed E-state index contributed by atoms with van der Waals surface area (Å²) in [5.41, 5.74) is 3.08. The number of hydrogen-bond acceptors (Lipinski definition) is 5. The van der Waals surface area contributed by atoms with Crippen LogP contribution in [0.4, 0.5) is 5.69 Å². The van der Waals surface area contributed by atoms with E-state index in [9.17, 15) is 14.4 Å². The quantitative estimate of drug-likeness (QED) is 0.450. The van der Waals surface area contributed by atoms with Gasteiger partial charge in [0.1, 0.15) is 17.0 Å². The SMILES string of the molecule is CCOc1cccc(Cn2c(=O)c3sccc3n(CC(=O)Nc3ccc(C)cc3C)c2=O)c1. The summed E-state index contributed by atoms with van der Waals surface area (Å²) in [5.74, 6) is 0.341. The minimum Gasteiger partial charge on any atom is -0.494 e. The fourth-order valence-electron chi connectivity index (χ4n) is 3.80. The van der Waals surface area contributed by atoms with E-state index < -0.39 is 5.69 Å². The molecule has 170 valence electrons. The highest BCUT2D eigenvalue weighted by molar-refractivity contribution is 7.17. The van der Waals surface area contributed by atoms with Gasteiger partial charge in [-0.15, -0.1) is 11.3 Å². The molecule has 1 amide bonds. The molecule has 33 heavy (non-hydrogen) atoms. The lowest BCUT2D eigenvalue weighted by Gasteiger charge is -2.14. The van der Waals surface area contributed by atoms with Gasteiger partial charge in [0.05, 0.1) is 18.7 Å². The fourth-order valence-corrected chi connectivity index (χ4v) is 4.64. The van der Waals surface area contributed by atoms with Crippen LogP contribution in [0.15, 0.2) is 63.5 Å². The maximum absolute atomic E-state index is 13.3. The summed E-state index contributed by atoms with van der Waals surface area (Å²) in [6.07, 6.45) is 0. The van der Waals surface area contributed by atoms with Crippen LogP contribution in [0.2, 0.25) is 0 Å². The summed E-state index contributed by atoms with van der Waals surface area (Å²) in [5, 5.41) is 4.63. The van der Waals surface area contributed by atoms with E-state index in [2.05, 4.69) is 5.32 Å². The Balaban J connectivity index is 1.69. The molecule has 0 saturated carbocycles. The zero-order chi connectivity index (χ0) is 23.5. The van der Waals surface area contributed by atoms with Gasteiger partial charge < -0.3 is 10.1 Å². The fraction of sp³-hybridized carbons (Fsp3) is 0.240. The van der Waals surface area contributed by atoms with Crippen molar-refractivity contribution in [2.24, 2.45) is 0 Å². The van der Waals surface area contributed by atoms with Crippen LogP contribution in [0.5, 0.6) is 5.75 Å². The zero-order valence-corrected chi connectivity index (χ0v) is 19.6. The molecule has 0 fully saturated rings. The second-order valence-electron chi connectivity index (χ2n) is 7.84. The van der Waals surface area contributed by atoms with E-state index >= 15 is 0 Å². The summed E-state index contributed by atoms with van der Waals surface area (Å²) in [7, 11) is 0. The van der Waals surface area contributed by atoms with Crippen molar-refractivity contribution in [3.63, 3.8) is 0 Å². The Hall–Kier alpha value is -3.65. The first-order valence-corrected chi connectivity index (χ1v) is 11.5. The minimum absolute atomic E-state index is 0.0884. The second kappa shape index (κ2) is 9.46. The standard InChI is InChI=1S/C25H25N3O4S/c1-4-32-19-7-5-6-18(13-19)14-28-24(30)23-21(10-11-33-23)27(25(28)31)15-22(29)26-20-9-8-16(2)12-17(20)3/h5-13H,4,14-15H2,1-3H3,(H,26,29). The highest BCUT2D eigenvalue weighted by Crippen LogP contribution is 2.19. The molecule has 2 aromatic carbocycles. The lowest BCUT2D eigenvalue weighted by atomic mass is 10.1. The van der Waals surface area contributed by atoms with Gasteiger partial charge in [0.15, 0.2) is 0 Å². The molecule has 4 aromatic rings. The van der Waals surface area contributed by atoms with E-state index in [0.717, 1.165) is 16.7 Å². The third-order valence-corrected chi connectivity index (χ3v) is 6.24. The average molecular weight is 464 g/mol. The molecule has 1 N–H and O–H groups in total. The number of rotatable bonds is 7. The third-order valence-electron chi connectivity index (χ3n) is 5.34. The van der Waals surface area contributed by atoms with E-state index in [1.54, 1.807) is 11.4 Å². The highest BCUT2D eigenvalue weighted by atomic mass is 32.1. The number of aromatic nitrogens is 2. The number of nitrogens with one attached hydrogen (secondary N) is 1. The van der Waals surface area contributed by atoms with Gasteiger partial charge in [-0.1, -0.05) is 29.8 Å². The largest absolute Gasteiger partial charge is 0.494 e. The van der Waals surface area contributed by atoms with Crippen molar-refractivity contribution in [2.75, 3.05) is 11.9 Å². The first-order valence-electron chi connectivity index (χ1n) is 10.7. The maximum Gasteiger partial charge on any atom is 0.332 e. The molecule has 8 heteroatoms. The van der Waals surface area contributed by atoms with E-state index in [4.69, 9.17) is 4.74 Å². The number of carbonyl (C=O) groups excluding carboxylic acids is 1. The van der Waals surface area contributed by atoms with Crippen LogP contribution in [-0.2, 0) is 17.9 Å². The molecule has 0 bridgehead atoms. The van der Waals surface area contributed by atoms with E-state index in [0.29, 0.717) is 28.3 Å². The number of ether oxygens (including phenoxy) is 1. The van der Waals surface area contributed by atoms with Crippen molar-refractivity contribution in [2.45, 2.75) is 33.9 Å². The molecule has 2 aromatic heterocycles. The first-order chi connectivity index (χ1) is 15.9. The van der Waals surface area contributed by atoms with E-state index in [1.165, 1.54) is 20.5 Å². The monoisotopic (exact) mass is 463 g/mol. The van der Waals surface area contributed by atoms with Crippen molar-refractivity contribution in [1.82, 2.24) is 9.13 Å². The van der Waals surface area contributed by atoms with Crippen LogP contribution in [0.3, 0.4) is 0 Å². The predicted octanol–water partition coefficient (Wildman–Crippen LogP) is 3.93. The van der Waals surface area contributed by atoms with Crippen LogP contribution in [-0.4, -0.2) is 21.6 Å². The van der Waals surface area contributed by atoms with Crippen LogP contribution in [0.1, 0.15) is 23.6 Å². The molecule has 0 atom stereocenters. The molecule has 0 unspecified atom stereocenters. The van der Waals surface area contributed by atoms with Crippen molar-refractivity contribution in [3.05, 3.63) is 91.4 Å². The van der Waals surface area contributed by atoms with Gasteiger partial charge in [0.25, 0.3) is 5.56 Å². The molecule has 0 spiro atoms. The summed E-state index contributed by atoms with van der Waals surface area (Å²) in [4.78, 5) is 39.2. The molecule has 4 rings (SSSR count). The van der Waals surface area contributed by atoms with Crippen LogP contribution >= 0.6 is 11.3 Å². The molecule has 2 heterocycles. The second-order valence-corrected chi connectivity index (χ2v) is 8.76. The smallest absolute Gasteiger partial charge is 0.332 e. The molecule has 0 aliphatic rings. The molecular weight excluding hydrogens is 438 g/mol. The third kappa shape index (κ3) is 4.75. The number of anilines is 1. The van der Waals surface area contributed by atoms with Gasteiger partial charge in [0, 0.05) is 5.69 Å². The Morgan fingerprint density at radius 1 is 1.06 bits per heavy atom. The Morgan fingerprint density at radius 2 is 1.88 bits per heavy atom. The van der Waals surface area contributed by atoms with Crippen LogP contribution in [0.25, 0.3) is 10.2 Å². The highest BCUT2D eigenvalue weighted by Gasteiger charge is 2.17.